The second kappa shape index (κ2) is 12.0. The first-order chi connectivity index (χ1) is 17.3. The van der Waals surface area contributed by atoms with Gasteiger partial charge in [-0.15, -0.1) is 4.28 Å². The number of ether oxygens (including phenoxy) is 1. The van der Waals surface area contributed by atoms with E-state index in [1.165, 1.54) is 9.80 Å². The molecule has 3 fully saturated rings. The maximum absolute atomic E-state index is 12.6. The molecule has 37 heavy (non-hydrogen) atoms. The average Bonchev–Trinajstić information content (AvgIpc) is 3.06. The zero-order valence-corrected chi connectivity index (χ0v) is 21.8. The Kier molecular flexibility index (Phi) is 9.28. The van der Waals surface area contributed by atoms with Crippen LogP contribution in [0.1, 0.15) is 46.5 Å². The Morgan fingerprint density at radius 3 is 2.38 bits per heavy atom. The molecule has 15 heteroatoms. The zero-order valence-electron chi connectivity index (χ0n) is 21.0. The number of rotatable bonds is 5. The smallest absolute Gasteiger partial charge is 0.418 e. The van der Waals surface area contributed by atoms with Crippen LogP contribution in [0.4, 0.5) is 9.59 Å². The monoisotopic (exact) mass is 543 g/mol. The summed E-state index contributed by atoms with van der Waals surface area (Å²) in [5.41, 5.74) is 1.74. The zero-order chi connectivity index (χ0) is 27.2. The lowest BCUT2D eigenvalue weighted by Gasteiger charge is -2.34. The fourth-order valence-corrected chi connectivity index (χ4v) is 4.54. The molecule has 1 aromatic heterocycles. The minimum absolute atomic E-state index is 0.0856. The molecule has 0 aliphatic carbocycles. The predicted molar refractivity (Wildman–Crippen MR) is 128 cm³/mol. The number of aromatic nitrogens is 1. The van der Waals surface area contributed by atoms with Crippen molar-refractivity contribution in [3.8, 4) is 0 Å². The number of hydrogen-bond donors (Lipinski definition) is 2. The summed E-state index contributed by atoms with van der Waals surface area (Å²) >= 11 is 0. The van der Waals surface area contributed by atoms with E-state index in [1.54, 1.807) is 33.2 Å². The number of urea groups is 1. The number of nitrogens with zero attached hydrogens (tertiary/aromatic N) is 4. The van der Waals surface area contributed by atoms with Crippen molar-refractivity contribution in [2.75, 3.05) is 19.6 Å². The van der Waals surface area contributed by atoms with Crippen LogP contribution in [0, 0.1) is 0 Å². The summed E-state index contributed by atoms with van der Waals surface area (Å²) in [5.74, 6) is -0.560. The van der Waals surface area contributed by atoms with Crippen molar-refractivity contribution in [3.05, 3.63) is 30.6 Å². The number of hydrogen-bond acceptors (Lipinski definition) is 9. The lowest BCUT2D eigenvalue weighted by atomic mass is 10.0. The van der Waals surface area contributed by atoms with Crippen molar-refractivity contribution in [3.63, 3.8) is 0 Å². The van der Waals surface area contributed by atoms with E-state index in [2.05, 4.69) is 14.7 Å². The third-order valence-electron chi connectivity index (χ3n) is 5.72. The van der Waals surface area contributed by atoms with Gasteiger partial charge in [0.15, 0.2) is 0 Å². The summed E-state index contributed by atoms with van der Waals surface area (Å²) in [6.07, 6.45) is 4.50. The Labute approximate surface area is 215 Å². The summed E-state index contributed by atoms with van der Waals surface area (Å²) in [4.78, 5) is 49.2. The standard InChI is InChI=1S/C17H28N4O9S.C5H5N/c1-17(2,3)28-16(24)19-8-4-5-12(10-19)29-18-14(22)13-7-6-11-9-20(13)15(23)21(11)30-31(25,26)27;1-2-4-6-5-3-1/h11-13H,4-10H2,1-3H3,(H,18,22)(H,25,26,27);1-5H/t11-,12-,13+;/m1./s1. The molecule has 4 rings (SSSR count). The Morgan fingerprint density at radius 1 is 1.11 bits per heavy atom. The van der Waals surface area contributed by atoms with Crippen LogP contribution in [0.5, 0.6) is 0 Å². The third kappa shape index (κ3) is 8.52. The molecule has 4 heterocycles. The first-order valence-corrected chi connectivity index (χ1v) is 13.3. The van der Waals surface area contributed by atoms with Crippen molar-refractivity contribution in [1.82, 2.24) is 25.3 Å². The van der Waals surface area contributed by atoms with Crippen LogP contribution in [-0.2, 0) is 29.1 Å². The van der Waals surface area contributed by atoms with Gasteiger partial charge in [0.25, 0.3) is 5.91 Å². The molecule has 4 amide bonds. The number of nitrogens with one attached hydrogen (secondary N) is 1. The van der Waals surface area contributed by atoms with Crippen LogP contribution >= 0.6 is 0 Å². The van der Waals surface area contributed by atoms with Crippen molar-refractivity contribution in [2.45, 2.75) is 70.2 Å². The summed E-state index contributed by atoms with van der Waals surface area (Å²) in [7, 11) is -4.85. The van der Waals surface area contributed by atoms with Crippen LogP contribution in [-0.4, -0.2) is 94.3 Å². The van der Waals surface area contributed by atoms with Gasteiger partial charge in [0, 0.05) is 25.5 Å². The van der Waals surface area contributed by atoms with Crippen molar-refractivity contribution in [2.24, 2.45) is 0 Å². The third-order valence-corrected chi connectivity index (χ3v) is 6.07. The van der Waals surface area contributed by atoms with E-state index in [0.717, 1.165) is 0 Å². The average molecular weight is 544 g/mol. The largest absolute Gasteiger partial charge is 0.444 e. The number of carbonyl (C=O) groups excluding carboxylic acids is 3. The second-order valence-corrected chi connectivity index (χ2v) is 10.8. The van der Waals surface area contributed by atoms with Gasteiger partial charge >= 0.3 is 22.5 Å². The quantitative estimate of drug-likeness (QED) is 0.410. The van der Waals surface area contributed by atoms with Crippen molar-refractivity contribution in [1.29, 1.82) is 0 Å². The molecule has 3 atom stereocenters. The number of piperidine rings is 2. The van der Waals surface area contributed by atoms with E-state index in [1.807, 2.05) is 18.2 Å². The number of likely N-dealkylation sites (tertiary alicyclic amines) is 1. The minimum atomic E-state index is -4.85. The summed E-state index contributed by atoms with van der Waals surface area (Å²) in [6, 6.07) is 3.44. The molecular formula is C22H33N5O9S. The highest BCUT2D eigenvalue weighted by Gasteiger charge is 2.49. The molecule has 3 saturated heterocycles. The first-order valence-electron chi connectivity index (χ1n) is 11.9. The molecule has 3 aliphatic heterocycles. The van der Waals surface area contributed by atoms with Gasteiger partial charge in [-0.25, -0.2) is 15.1 Å². The molecule has 2 N–H and O–H groups in total. The van der Waals surface area contributed by atoms with Gasteiger partial charge in [-0.1, -0.05) is 6.07 Å². The van der Waals surface area contributed by atoms with Crippen LogP contribution in [0.15, 0.2) is 30.6 Å². The highest BCUT2D eigenvalue weighted by Crippen LogP contribution is 2.30. The fourth-order valence-electron chi connectivity index (χ4n) is 4.15. The molecule has 0 radical (unpaired) electrons. The summed E-state index contributed by atoms with van der Waals surface area (Å²) in [5, 5.41) is 0.573. The van der Waals surface area contributed by atoms with Gasteiger partial charge in [0.05, 0.1) is 12.6 Å². The highest BCUT2D eigenvalue weighted by atomic mass is 32.3. The number of pyridine rings is 1. The fraction of sp³-hybridized carbons (Fsp3) is 0.636. The predicted octanol–water partition coefficient (Wildman–Crippen LogP) is 1.52. The van der Waals surface area contributed by atoms with Gasteiger partial charge < -0.3 is 14.5 Å². The van der Waals surface area contributed by atoms with Crippen molar-refractivity contribution >= 4 is 28.4 Å². The molecule has 0 saturated carbocycles. The maximum atomic E-state index is 12.6. The SMILES string of the molecule is CC(C)(C)OC(=O)N1CCC[C@@H](ONC(=O)[C@@H]2CC[C@@H]3CN2C(=O)N3OS(=O)(=O)O)C1.c1ccncc1. The molecule has 14 nitrogen and oxygen atoms in total. The highest BCUT2D eigenvalue weighted by molar-refractivity contribution is 7.80. The number of amides is 4. The van der Waals surface area contributed by atoms with E-state index < -0.39 is 52.2 Å². The Bertz CT molecular complexity index is 1020. The van der Waals surface area contributed by atoms with E-state index in [4.69, 9.17) is 14.1 Å². The van der Waals surface area contributed by atoms with Gasteiger partial charge in [-0.2, -0.15) is 13.5 Å². The van der Waals surface area contributed by atoms with E-state index >= 15 is 0 Å². The number of carbonyl (C=O) groups is 3. The maximum Gasteiger partial charge on any atom is 0.418 e. The Balaban J connectivity index is 0.000000555. The molecular weight excluding hydrogens is 510 g/mol. The van der Waals surface area contributed by atoms with E-state index in [-0.39, 0.29) is 19.5 Å². The van der Waals surface area contributed by atoms with Crippen molar-refractivity contribution < 1.29 is 41.2 Å². The minimum Gasteiger partial charge on any atom is -0.444 e. The lowest BCUT2D eigenvalue weighted by molar-refractivity contribution is -0.146. The molecule has 206 valence electrons. The normalized spacial score (nSPS) is 23.7. The second-order valence-electron chi connectivity index (χ2n) is 9.81. The van der Waals surface area contributed by atoms with Crippen LogP contribution in [0.2, 0.25) is 0 Å². The summed E-state index contributed by atoms with van der Waals surface area (Å²) < 4.78 is 40.4. The van der Waals surface area contributed by atoms with Crippen LogP contribution in [0.3, 0.4) is 0 Å². The number of hydroxylamine groups is 3. The van der Waals surface area contributed by atoms with Gasteiger partial charge in [0.1, 0.15) is 17.7 Å². The van der Waals surface area contributed by atoms with Gasteiger partial charge in [0.2, 0.25) is 0 Å². The molecule has 0 spiro atoms. The molecule has 0 unspecified atom stereocenters. The van der Waals surface area contributed by atoms with E-state index in [9.17, 15) is 22.8 Å². The first kappa shape index (κ1) is 28.6. The molecule has 0 aromatic carbocycles. The molecule has 1 aromatic rings. The lowest BCUT2D eigenvalue weighted by Crippen LogP contribution is -2.52. The summed E-state index contributed by atoms with van der Waals surface area (Å²) in [6.45, 7) is 6.19. The molecule has 2 bridgehead atoms. The number of fused-ring (bicyclic) bond motifs is 2. The Morgan fingerprint density at radius 2 is 1.81 bits per heavy atom. The van der Waals surface area contributed by atoms with Crippen LogP contribution in [0.25, 0.3) is 0 Å². The van der Waals surface area contributed by atoms with E-state index in [0.29, 0.717) is 30.9 Å². The van der Waals surface area contributed by atoms with Gasteiger partial charge in [-0.05, 0) is 58.6 Å². The molecule has 3 aliphatic rings. The van der Waals surface area contributed by atoms with Gasteiger partial charge in [-0.3, -0.25) is 19.2 Å². The topological polar surface area (TPSA) is 168 Å². The van der Waals surface area contributed by atoms with Crippen LogP contribution < -0.4 is 5.48 Å². The Hall–Kier alpha value is -3.01.